The SMILES string of the molecule is NC1(C(=O)O)CCN(CC(=O)Nc2ccc(F)cc2F)C1. The van der Waals surface area contributed by atoms with Crippen molar-refractivity contribution < 1.29 is 23.5 Å². The van der Waals surface area contributed by atoms with Gasteiger partial charge in [0.25, 0.3) is 0 Å². The molecule has 8 heteroatoms. The second kappa shape index (κ2) is 5.74. The van der Waals surface area contributed by atoms with Crippen LogP contribution in [0, 0.1) is 11.6 Å². The Morgan fingerprint density at radius 3 is 2.71 bits per heavy atom. The number of rotatable bonds is 4. The fourth-order valence-corrected chi connectivity index (χ4v) is 2.21. The Morgan fingerprint density at radius 1 is 1.43 bits per heavy atom. The van der Waals surface area contributed by atoms with Crippen LogP contribution in [0.5, 0.6) is 0 Å². The van der Waals surface area contributed by atoms with Crippen molar-refractivity contribution >= 4 is 17.6 Å². The average molecular weight is 299 g/mol. The quantitative estimate of drug-likeness (QED) is 0.747. The van der Waals surface area contributed by atoms with E-state index in [-0.39, 0.29) is 25.2 Å². The maximum Gasteiger partial charge on any atom is 0.325 e. The Kier molecular flexibility index (Phi) is 4.19. The lowest BCUT2D eigenvalue weighted by Crippen LogP contribution is -2.50. The van der Waals surface area contributed by atoms with Gasteiger partial charge in [-0.25, -0.2) is 8.78 Å². The zero-order chi connectivity index (χ0) is 15.6. The van der Waals surface area contributed by atoms with Crippen molar-refractivity contribution in [1.82, 2.24) is 4.90 Å². The molecule has 4 N–H and O–H groups in total. The molecule has 1 aliphatic rings. The van der Waals surface area contributed by atoms with Gasteiger partial charge in [-0.1, -0.05) is 0 Å². The molecule has 1 saturated heterocycles. The van der Waals surface area contributed by atoms with Gasteiger partial charge in [-0.2, -0.15) is 0 Å². The summed E-state index contributed by atoms with van der Waals surface area (Å²) >= 11 is 0. The number of likely N-dealkylation sites (tertiary alicyclic amines) is 1. The van der Waals surface area contributed by atoms with E-state index in [0.29, 0.717) is 12.6 Å². The number of nitrogens with one attached hydrogen (secondary N) is 1. The number of hydrogen-bond acceptors (Lipinski definition) is 4. The smallest absolute Gasteiger partial charge is 0.325 e. The second-order valence-electron chi connectivity index (χ2n) is 5.09. The topological polar surface area (TPSA) is 95.7 Å². The summed E-state index contributed by atoms with van der Waals surface area (Å²) in [6, 6.07) is 2.82. The molecule has 0 bridgehead atoms. The van der Waals surface area contributed by atoms with Crippen molar-refractivity contribution in [3.05, 3.63) is 29.8 Å². The first-order valence-electron chi connectivity index (χ1n) is 6.30. The van der Waals surface area contributed by atoms with Crippen LogP contribution >= 0.6 is 0 Å². The van der Waals surface area contributed by atoms with Crippen LogP contribution < -0.4 is 11.1 Å². The number of amides is 1. The average Bonchev–Trinajstić information content (AvgIpc) is 2.76. The predicted octanol–water partition coefficient (Wildman–Crippen LogP) is 0.391. The summed E-state index contributed by atoms with van der Waals surface area (Å²) in [5, 5.41) is 11.3. The van der Waals surface area contributed by atoms with Gasteiger partial charge in [-0.05, 0) is 18.6 Å². The maximum absolute atomic E-state index is 13.4. The highest BCUT2D eigenvalue weighted by atomic mass is 19.1. The van der Waals surface area contributed by atoms with Crippen molar-refractivity contribution in [2.24, 2.45) is 5.73 Å². The predicted molar refractivity (Wildman–Crippen MR) is 70.6 cm³/mol. The van der Waals surface area contributed by atoms with Crippen LogP contribution in [0.25, 0.3) is 0 Å². The molecule has 2 rings (SSSR count). The molecular formula is C13H15F2N3O3. The number of carbonyl (C=O) groups is 2. The van der Waals surface area contributed by atoms with Gasteiger partial charge in [0, 0.05) is 19.2 Å². The minimum Gasteiger partial charge on any atom is -0.480 e. The van der Waals surface area contributed by atoms with Crippen LogP contribution in [-0.4, -0.2) is 47.1 Å². The fraction of sp³-hybridized carbons (Fsp3) is 0.385. The Hall–Kier alpha value is -2.06. The summed E-state index contributed by atoms with van der Waals surface area (Å²) in [7, 11) is 0. The Morgan fingerprint density at radius 2 is 2.14 bits per heavy atom. The van der Waals surface area contributed by atoms with Crippen LogP contribution in [-0.2, 0) is 9.59 Å². The summed E-state index contributed by atoms with van der Waals surface area (Å²) in [5.41, 5.74) is 4.20. The van der Waals surface area contributed by atoms with Crippen LogP contribution in [0.2, 0.25) is 0 Å². The molecule has 0 spiro atoms. The molecule has 114 valence electrons. The Bertz CT molecular complexity index is 582. The third kappa shape index (κ3) is 3.53. The van der Waals surface area contributed by atoms with Gasteiger partial charge in [0.05, 0.1) is 12.2 Å². The third-order valence-corrected chi connectivity index (χ3v) is 3.38. The molecule has 1 aromatic rings. The van der Waals surface area contributed by atoms with Gasteiger partial charge in [0.1, 0.15) is 17.2 Å². The fourth-order valence-electron chi connectivity index (χ4n) is 2.21. The van der Waals surface area contributed by atoms with Crippen LogP contribution in [0.4, 0.5) is 14.5 Å². The molecule has 6 nitrogen and oxygen atoms in total. The molecule has 1 aliphatic heterocycles. The molecule has 1 fully saturated rings. The van der Waals surface area contributed by atoms with Gasteiger partial charge in [-0.15, -0.1) is 0 Å². The third-order valence-electron chi connectivity index (χ3n) is 3.38. The van der Waals surface area contributed by atoms with Gasteiger partial charge in [0.2, 0.25) is 5.91 Å². The summed E-state index contributed by atoms with van der Waals surface area (Å²) in [6.07, 6.45) is 0.237. The van der Waals surface area contributed by atoms with Crippen molar-refractivity contribution in [3.8, 4) is 0 Å². The van der Waals surface area contributed by atoms with E-state index in [1.807, 2.05) is 0 Å². The van der Waals surface area contributed by atoms with Crippen LogP contribution in [0.3, 0.4) is 0 Å². The number of nitrogens with zero attached hydrogens (tertiary/aromatic N) is 1. The highest BCUT2D eigenvalue weighted by Crippen LogP contribution is 2.19. The number of carboxylic acids is 1. The number of carbonyl (C=O) groups excluding carboxylic acids is 1. The van der Waals surface area contributed by atoms with Crippen LogP contribution in [0.1, 0.15) is 6.42 Å². The Balaban J connectivity index is 1.93. The number of nitrogens with two attached hydrogens (primary N) is 1. The molecule has 1 unspecified atom stereocenters. The first-order chi connectivity index (χ1) is 9.80. The first-order valence-corrected chi connectivity index (χ1v) is 6.30. The van der Waals surface area contributed by atoms with Crippen molar-refractivity contribution in [1.29, 1.82) is 0 Å². The number of carboxylic acid groups (broad SMARTS) is 1. The number of halogens is 2. The van der Waals surface area contributed by atoms with Crippen molar-refractivity contribution in [2.75, 3.05) is 25.0 Å². The number of anilines is 1. The zero-order valence-corrected chi connectivity index (χ0v) is 11.1. The van der Waals surface area contributed by atoms with Crippen LogP contribution in [0.15, 0.2) is 18.2 Å². The van der Waals surface area contributed by atoms with Gasteiger partial charge in [0.15, 0.2) is 0 Å². The summed E-state index contributed by atoms with van der Waals surface area (Å²) in [4.78, 5) is 24.3. The van der Waals surface area contributed by atoms with E-state index in [9.17, 15) is 18.4 Å². The number of hydrogen-bond donors (Lipinski definition) is 3. The van der Waals surface area contributed by atoms with Gasteiger partial charge >= 0.3 is 5.97 Å². The standard InChI is InChI=1S/C13H15F2N3O3/c14-8-1-2-10(9(15)5-8)17-11(19)6-18-4-3-13(16,7-18)12(20)21/h1-2,5H,3-4,6-7,16H2,(H,17,19)(H,20,21). The number of aliphatic carboxylic acids is 1. The summed E-state index contributed by atoms with van der Waals surface area (Å²) in [5.74, 6) is -3.24. The summed E-state index contributed by atoms with van der Waals surface area (Å²) < 4.78 is 26.1. The second-order valence-corrected chi connectivity index (χ2v) is 5.09. The first kappa shape index (κ1) is 15.3. The minimum atomic E-state index is -1.36. The monoisotopic (exact) mass is 299 g/mol. The highest BCUT2D eigenvalue weighted by Gasteiger charge is 2.41. The number of benzene rings is 1. The lowest BCUT2D eigenvalue weighted by Gasteiger charge is -2.19. The normalized spacial score (nSPS) is 22.2. The lowest BCUT2D eigenvalue weighted by molar-refractivity contribution is -0.143. The Labute approximate surface area is 119 Å². The van der Waals surface area contributed by atoms with E-state index < -0.39 is 29.0 Å². The van der Waals surface area contributed by atoms with Crippen molar-refractivity contribution in [2.45, 2.75) is 12.0 Å². The molecule has 0 aliphatic carbocycles. The van der Waals surface area contributed by atoms with E-state index in [4.69, 9.17) is 10.8 Å². The van der Waals surface area contributed by atoms with Crippen molar-refractivity contribution in [3.63, 3.8) is 0 Å². The molecule has 1 heterocycles. The van der Waals surface area contributed by atoms with E-state index in [2.05, 4.69) is 5.32 Å². The molecule has 1 aromatic carbocycles. The highest BCUT2D eigenvalue weighted by molar-refractivity contribution is 5.92. The van der Waals surface area contributed by atoms with Gasteiger partial charge < -0.3 is 16.2 Å². The van der Waals surface area contributed by atoms with Gasteiger partial charge in [-0.3, -0.25) is 14.5 Å². The minimum absolute atomic E-state index is 0.0433. The molecular weight excluding hydrogens is 284 g/mol. The summed E-state index contributed by atoms with van der Waals surface area (Å²) in [6.45, 7) is 0.298. The van der Waals surface area contributed by atoms with E-state index >= 15 is 0 Å². The molecule has 0 saturated carbocycles. The lowest BCUT2D eigenvalue weighted by atomic mass is 10.0. The van der Waals surface area contributed by atoms with E-state index in [0.717, 1.165) is 12.1 Å². The van der Waals surface area contributed by atoms with E-state index in [1.165, 1.54) is 0 Å². The molecule has 0 aromatic heterocycles. The molecule has 21 heavy (non-hydrogen) atoms. The molecule has 1 atom stereocenters. The largest absolute Gasteiger partial charge is 0.480 e. The zero-order valence-electron chi connectivity index (χ0n) is 11.1. The van der Waals surface area contributed by atoms with E-state index in [1.54, 1.807) is 4.90 Å². The molecule has 1 amide bonds. The maximum atomic E-state index is 13.4. The molecule has 0 radical (unpaired) electrons.